The van der Waals surface area contributed by atoms with Gasteiger partial charge in [0, 0.05) is 32.2 Å². The fourth-order valence-electron chi connectivity index (χ4n) is 4.40. The molecule has 7 heteroatoms. The second-order valence-electron chi connectivity index (χ2n) is 8.21. The summed E-state index contributed by atoms with van der Waals surface area (Å²) in [5, 5.41) is 12.4. The van der Waals surface area contributed by atoms with E-state index in [4.69, 9.17) is 0 Å². The Morgan fingerprint density at radius 2 is 1.48 bits per heavy atom. The Balaban J connectivity index is 1.48. The van der Waals surface area contributed by atoms with Crippen molar-refractivity contribution in [3.63, 3.8) is 0 Å². The topological polar surface area (TPSA) is 90.0 Å². The molecule has 0 aromatic rings. The van der Waals surface area contributed by atoms with Crippen LogP contribution in [-0.2, 0) is 9.59 Å². The standard InChI is InChI=1S/C18H29N3O4/c1-18(2)13(14(18)16(23)24)15(22)20-8-10-21(11-9-20)17(25)19-12-6-4-3-5-7-12/h12-14H,3-11H2,1-2H3,(H,19,25)(H,23,24)/t13-,14+/m0/s1. The normalized spacial score (nSPS) is 29.2. The van der Waals surface area contributed by atoms with E-state index in [0.717, 1.165) is 12.8 Å². The second-order valence-corrected chi connectivity index (χ2v) is 8.21. The molecule has 0 aromatic heterocycles. The summed E-state index contributed by atoms with van der Waals surface area (Å²) >= 11 is 0. The van der Waals surface area contributed by atoms with Gasteiger partial charge in [-0.3, -0.25) is 9.59 Å². The summed E-state index contributed by atoms with van der Waals surface area (Å²) in [6.45, 7) is 5.65. The molecular weight excluding hydrogens is 322 g/mol. The Bertz CT molecular complexity index is 549. The molecule has 3 aliphatic rings. The molecule has 140 valence electrons. The Morgan fingerprint density at radius 1 is 0.920 bits per heavy atom. The van der Waals surface area contributed by atoms with Crippen molar-refractivity contribution in [1.29, 1.82) is 0 Å². The molecule has 2 saturated carbocycles. The van der Waals surface area contributed by atoms with Crippen LogP contribution in [0.5, 0.6) is 0 Å². The van der Waals surface area contributed by atoms with Gasteiger partial charge in [-0.05, 0) is 18.3 Å². The number of carbonyl (C=O) groups is 3. The number of urea groups is 1. The van der Waals surface area contributed by atoms with Crippen LogP contribution >= 0.6 is 0 Å². The van der Waals surface area contributed by atoms with Crippen molar-refractivity contribution < 1.29 is 19.5 Å². The first-order valence-corrected chi connectivity index (χ1v) is 9.39. The molecule has 0 unspecified atom stereocenters. The number of carbonyl (C=O) groups excluding carboxylic acids is 2. The highest BCUT2D eigenvalue weighted by Crippen LogP contribution is 2.59. The lowest BCUT2D eigenvalue weighted by Crippen LogP contribution is -2.55. The van der Waals surface area contributed by atoms with Crippen LogP contribution in [0.15, 0.2) is 0 Å². The molecule has 0 radical (unpaired) electrons. The minimum absolute atomic E-state index is 0.0332. The number of aliphatic carboxylic acids is 1. The molecule has 1 aliphatic heterocycles. The molecule has 0 bridgehead atoms. The zero-order valence-electron chi connectivity index (χ0n) is 15.2. The van der Waals surface area contributed by atoms with E-state index in [2.05, 4.69) is 5.32 Å². The van der Waals surface area contributed by atoms with Gasteiger partial charge in [0.05, 0.1) is 11.8 Å². The van der Waals surface area contributed by atoms with Gasteiger partial charge in [-0.2, -0.15) is 0 Å². The third-order valence-corrected chi connectivity index (χ3v) is 6.17. The molecule has 3 fully saturated rings. The van der Waals surface area contributed by atoms with Crippen LogP contribution in [-0.4, -0.2) is 65.0 Å². The Hall–Kier alpha value is -1.79. The summed E-state index contributed by atoms with van der Waals surface area (Å²) in [7, 11) is 0. The maximum absolute atomic E-state index is 12.6. The molecule has 2 atom stereocenters. The Morgan fingerprint density at radius 3 is 2.00 bits per heavy atom. The molecule has 0 aromatic carbocycles. The summed E-state index contributed by atoms with van der Waals surface area (Å²) in [6.07, 6.45) is 5.71. The van der Waals surface area contributed by atoms with Gasteiger partial charge in [0.15, 0.2) is 0 Å². The van der Waals surface area contributed by atoms with Crippen molar-refractivity contribution in [2.75, 3.05) is 26.2 Å². The SMILES string of the molecule is CC1(C)[C@H](C(=O)N2CCN(C(=O)NC3CCCCC3)CC2)[C@@H]1C(=O)O. The van der Waals surface area contributed by atoms with Crippen LogP contribution in [0.1, 0.15) is 46.0 Å². The maximum atomic E-state index is 12.6. The Kier molecular flexibility index (Phi) is 4.93. The van der Waals surface area contributed by atoms with E-state index in [0.29, 0.717) is 26.2 Å². The van der Waals surface area contributed by atoms with Gasteiger partial charge in [-0.25, -0.2) is 4.79 Å². The van der Waals surface area contributed by atoms with Crippen molar-refractivity contribution in [2.24, 2.45) is 17.3 Å². The fourth-order valence-corrected chi connectivity index (χ4v) is 4.40. The zero-order chi connectivity index (χ0) is 18.2. The van der Waals surface area contributed by atoms with Crippen molar-refractivity contribution in [1.82, 2.24) is 15.1 Å². The smallest absolute Gasteiger partial charge is 0.317 e. The zero-order valence-corrected chi connectivity index (χ0v) is 15.2. The van der Waals surface area contributed by atoms with Crippen LogP contribution in [0, 0.1) is 17.3 Å². The van der Waals surface area contributed by atoms with Crippen LogP contribution < -0.4 is 5.32 Å². The molecule has 3 amide bonds. The number of hydrogen-bond donors (Lipinski definition) is 2. The summed E-state index contributed by atoms with van der Waals surface area (Å²) in [4.78, 5) is 39.8. The van der Waals surface area contributed by atoms with E-state index in [9.17, 15) is 19.5 Å². The molecule has 7 nitrogen and oxygen atoms in total. The summed E-state index contributed by atoms with van der Waals surface area (Å²) in [5.74, 6) is -2.00. The van der Waals surface area contributed by atoms with Crippen molar-refractivity contribution in [3.8, 4) is 0 Å². The van der Waals surface area contributed by atoms with E-state index in [1.54, 1.807) is 9.80 Å². The van der Waals surface area contributed by atoms with Crippen molar-refractivity contribution in [3.05, 3.63) is 0 Å². The lowest BCUT2D eigenvalue weighted by Gasteiger charge is -2.36. The average molecular weight is 351 g/mol. The summed E-state index contributed by atoms with van der Waals surface area (Å²) < 4.78 is 0. The Labute approximate surface area is 148 Å². The van der Waals surface area contributed by atoms with Gasteiger partial charge in [0.2, 0.25) is 5.91 Å². The molecule has 25 heavy (non-hydrogen) atoms. The first-order chi connectivity index (χ1) is 11.8. The third kappa shape index (κ3) is 3.60. The number of nitrogens with one attached hydrogen (secondary N) is 1. The van der Waals surface area contributed by atoms with Crippen LogP contribution in [0.4, 0.5) is 4.79 Å². The molecule has 2 aliphatic carbocycles. The van der Waals surface area contributed by atoms with E-state index < -0.39 is 23.2 Å². The lowest BCUT2D eigenvalue weighted by atomic mass is 9.96. The minimum atomic E-state index is -0.895. The molecule has 0 spiro atoms. The van der Waals surface area contributed by atoms with Crippen LogP contribution in [0.2, 0.25) is 0 Å². The van der Waals surface area contributed by atoms with Crippen LogP contribution in [0.25, 0.3) is 0 Å². The number of nitrogens with zero attached hydrogens (tertiary/aromatic N) is 2. The van der Waals surface area contributed by atoms with Crippen molar-refractivity contribution >= 4 is 17.9 Å². The molecular formula is C18H29N3O4. The van der Waals surface area contributed by atoms with Crippen LogP contribution in [0.3, 0.4) is 0 Å². The summed E-state index contributed by atoms with van der Waals surface area (Å²) in [5.41, 5.74) is -0.474. The average Bonchev–Trinajstić information content (AvgIpc) is 3.18. The first kappa shape index (κ1) is 18.0. The minimum Gasteiger partial charge on any atom is -0.481 e. The number of carboxylic acids is 1. The second kappa shape index (κ2) is 6.84. The van der Waals surface area contributed by atoms with E-state index in [1.807, 2.05) is 13.8 Å². The predicted octanol–water partition coefficient (Wildman–Crippen LogP) is 1.53. The summed E-state index contributed by atoms with van der Waals surface area (Å²) in [6, 6.07) is 0.249. The lowest BCUT2D eigenvalue weighted by molar-refractivity contribution is -0.142. The number of hydrogen-bond acceptors (Lipinski definition) is 3. The van der Waals surface area contributed by atoms with Gasteiger partial charge in [-0.1, -0.05) is 33.1 Å². The molecule has 1 saturated heterocycles. The van der Waals surface area contributed by atoms with Gasteiger partial charge in [-0.15, -0.1) is 0 Å². The highest BCUT2D eigenvalue weighted by molar-refractivity contribution is 5.91. The molecule has 1 heterocycles. The predicted molar refractivity (Wildman–Crippen MR) is 92.0 cm³/mol. The van der Waals surface area contributed by atoms with Gasteiger partial charge < -0.3 is 20.2 Å². The van der Waals surface area contributed by atoms with Gasteiger partial charge in [0.1, 0.15) is 0 Å². The van der Waals surface area contributed by atoms with Gasteiger partial charge >= 0.3 is 12.0 Å². The van der Waals surface area contributed by atoms with E-state index >= 15 is 0 Å². The number of carboxylic acid groups (broad SMARTS) is 1. The largest absolute Gasteiger partial charge is 0.481 e. The first-order valence-electron chi connectivity index (χ1n) is 9.39. The monoisotopic (exact) mass is 351 g/mol. The fraction of sp³-hybridized carbons (Fsp3) is 0.833. The van der Waals surface area contributed by atoms with Crippen molar-refractivity contribution in [2.45, 2.75) is 52.0 Å². The highest BCUT2D eigenvalue weighted by Gasteiger charge is 2.66. The highest BCUT2D eigenvalue weighted by atomic mass is 16.4. The third-order valence-electron chi connectivity index (χ3n) is 6.17. The van der Waals surface area contributed by atoms with Gasteiger partial charge in [0.25, 0.3) is 0 Å². The molecule has 2 N–H and O–H groups in total. The number of rotatable bonds is 3. The van der Waals surface area contributed by atoms with E-state index in [-0.39, 0.29) is 18.0 Å². The maximum Gasteiger partial charge on any atom is 0.317 e. The molecule has 3 rings (SSSR count). The quantitative estimate of drug-likeness (QED) is 0.807. The number of amides is 3. The number of piperazine rings is 1. The van der Waals surface area contributed by atoms with E-state index in [1.165, 1.54) is 19.3 Å².